The summed E-state index contributed by atoms with van der Waals surface area (Å²) in [4.78, 5) is 26.5. The van der Waals surface area contributed by atoms with Crippen LogP contribution in [0, 0.1) is 18.3 Å². The summed E-state index contributed by atoms with van der Waals surface area (Å²) in [5, 5.41) is 12.7. The highest BCUT2D eigenvalue weighted by Crippen LogP contribution is 2.41. The van der Waals surface area contributed by atoms with Crippen molar-refractivity contribution in [3.63, 3.8) is 0 Å². The van der Waals surface area contributed by atoms with E-state index in [9.17, 15) is 14.9 Å². The van der Waals surface area contributed by atoms with Gasteiger partial charge in [0.2, 0.25) is 0 Å². The van der Waals surface area contributed by atoms with Crippen LogP contribution in [0.5, 0.6) is 11.5 Å². The van der Waals surface area contributed by atoms with Crippen LogP contribution in [0.1, 0.15) is 27.7 Å². The SMILES string of the molecule is CCOc1ccc(/C=C(\C#N)C(=O)Nc2sc(C)c(-c3ccc(Br)cc3)c2C(=O)OC)cc1OC. The molecule has 35 heavy (non-hydrogen) atoms. The first-order chi connectivity index (χ1) is 16.8. The molecule has 0 atom stereocenters. The lowest BCUT2D eigenvalue weighted by molar-refractivity contribution is -0.112. The van der Waals surface area contributed by atoms with Crippen molar-refractivity contribution in [1.29, 1.82) is 5.26 Å². The summed E-state index contributed by atoms with van der Waals surface area (Å²) in [7, 11) is 2.80. The van der Waals surface area contributed by atoms with Crippen LogP contribution in [-0.2, 0) is 9.53 Å². The molecule has 3 aromatic rings. The fourth-order valence-corrected chi connectivity index (χ4v) is 4.75. The Balaban J connectivity index is 1.98. The molecule has 0 spiro atoms. The lowest BCUT2D eigenvalue weighted by Crippen LogP contribution is -2.15. The van der Waals surface area contributed by atoms with Crippen LogP contribution >= 0.6 is 27.3 Å². The first-order valence-electron chi connectivity index (χ1n) is 10.5. The average Bonchev–Trinajstić information content (AvgIpc) is 3.18. The summed E-state index contributed by atoms with van der Waals surface area (Å²) < 4.78 is 16.7. The fraction of sp³-hybridized carbons (Fsp3) is 0.192. The largest absolute Gasteiger partial charge is 0.493 e. The monoisotopic (exact) mass is 554 g/mol. The quantitative estimate of drug-likeness (QED) is 0.201. The number of halogens is 1. The molecule has 0 aliphatic rings. The van der Waals surface area contributed by atoms with Gasteiger partial charge in [-0.3, -0.25) is 4.79 Å². The van der Waals surface area contributed by atoms with Gasteiger partial charge in [0.1, 0.15) is 22.2 Å². The van der Waals surface area contributed by atoms with Gasteiger partial charge in [0.25, 0.3) is 5.91 Å². The average molecular weight is 555 g/mol. The number of thiophene rings is 1. The van der Waals surface area contributed by atoms with Crippen LogP contribution < -0.4 is 14.8 Å². The van der Waals surface area contributed by atoms with Gasteiger partial charge < -0.3 is 19.5 Å². The number of nitrogens with zero attached hydrogens (tertiary/aromatic N) is 1. The van der Waals surface area contributed by atoms with Gasteiger partial charge in [0, 0.05) is 14.9 Å². The summed E-state index contributed by atoms with van der Waals surface area (Å²) in [6, 6.07) is 14.5. The Morgan fingerprint density at radius 2 is 1.86 bits per heavy atom. The Kier molecular flexibility index (Phi) is 8.68. The molecule has 0 fully saturated rings. The van der Waals surface area contributed by atoms with Crippen molar-refractivity contribution >= 4 is 50.2 Å². The van der Waals surface area contributed by atoms with Crippen LogP contribution in [0.2, 0.25) is 0 Å². The van der Waals surface area contributed by atoms with Crippen LogP contribution in [-0.4, -0.2) is 32.7 Å². The maximum absolute atomic E-state index is 13.0. The van der Waals surface area contributed by atoms with Crippen LogP contribution in [0.4, 0.5) is 5.00 Å². The Bertz CT molecular complexity index is 1320. The zero-order valence-corrected chi connectivity index (χ0v) is 22.0. The third-order valence-electron chi connectivity index (χ3n) is 5.00. The molecule has 0 aliphatic carbocycles. The van der Waals surface area contributed by atoms with Crippen molar-refractivity contribution in [3.05, 3.63) is 68.5 Å². The lowest BCUT2D eigenvalue weighted by atomic mass is 10.0. The van der Waals surface area contributed by atoms with Gasteiger partial charge in [0.15, 0.2) is 11.5 Å². The Hall–Kier alpha value is -3.61. The highest BCUT2D eigenvalue weighted by atomic mass is 79.9. The Morgan fingerprint density at radius 1 is 1.14 bits per heavy atom. The van der Waals surface area contributed by atoms with E-state index in [0.29, 0.717) is 34.2 Å². The molecule has 1 heterocycles. The number of aryl methyl sites for hydroxylation is 1. The van der Waals surface area contributed by atoms with Gasteiger partial charge >= 0.3 is 5.97 Å². The molecule has 9 heteroatoms. The highest BCUT2D eigenvalue weighted by Gasteiger charge is 2.26. The second-order valence-corrected chi connectivity index (χ2v) is 9.34. The number of benzene rings is 2. The maximum atomic E-state index is 13.0. The number of nitriles is 1. The van der Waals surface area contributed by atoms with Gasteiger partial charge in [-0.1, -0.05) is 34.1 Å². The van der Waals surface area contributed by atoms with E-state index < -0.39 is 11.9 Å². The molecule has 0 aliphatic heterocycles. The molecule has 0 unspecified atom stereocenters. The van der Waals surface area contributed by atoms with Crippen molar-refractivity contribution < 1.29 is 23.8 Å². The summed E-state index contributed by atoms with van der Waals surface area (Å²) in [5.41, 5.74) is 2.17. The van der Waals surface area contributed by atoms with Crippen LogP contribution in [0.15, 0.2) is 52.5 Å². The van der Waals surface area contributed by atoms with E-state index in [4.69, 9.17) is 14.2 Å². The van der Waals surface area contributed by atoms with E-state index in [0.717, 1.165) is 14.9 Å². The van der Waals surface area contributed by atoms with Crippen LogP contribution in [0.25, 0.3) is 17.2 Å². The number of rotatable bonds is 8. The normalized spacial score (nSPS) is 10.9. The predicted octanol–water partition coefficient (Wildman–Crippen LogP) is 6.23. The van der Waals surface area contributed by atoms with Gasteiger partial charge in [0.05, 0.1) is 20.8 Å². The Labute approximate surface area is 216 Å². The van der Waals surface area contributed by atoms with E-state index in [-0.39, 0.29) is 11.1 Å². The zero-order chi connectivity index (χ0) is 25.5. The number of esters is 1. The third kappa shape index (κ3) is 5.91. The van der Waals surface area contributed by atoms with E-state index >= 15 is 0 Å². The fourth-order valence-electron chi connectivity index (χ4n) is 3.43. The van der Waals surface area contributed by atoms with E-state index in [1.165, 1.54) is 31.6 Å². The predicted molar refractivity (Wildman–Crippen MR) is 140 cm³/mol. The second-order valence-electron chi connectivity index (χ2n) is 7.20. The van der Waals surface area contributed by atoms with Crippen molar-refractivity contribution in [3.8, 4) is 28.7 Å². The number of ether oxygens (including phenoxy) is 3. The standard InChI is InChI=1S/C26H23BrN2O5S/c1-5-34-20-11-6-16(13-21(20)32-3)12-18(14-28)24(30)29-25-23(26(31)33-4)22(15(2)35-25)17-7-9-19(27)10-8-17/h6-13H,5H2,1-4H3,(H,29,30)/b18-12+. The van der Waals surface area contributed by atoms with Gasteiger partial charge in [-0.15, -0.1) is 11.3 Å². The smallest absolute Gasteiger partial charge is 0.341 e. The minimum atomic E-state index is -0.644. The molecule has 0 saturated heterocycles. The molecule has 0 bridgehead atoms. The number of amides is 1. The van der Waals surface area contributed by atoms with Crippen molar-refractivity contribution in [1.82, 2.24) is 0 Å². The van der Waals surface area contributed by atoms with Gasteiger partial charge in [-0.2, -0.15) is 5.26 Å². The number of carbonyl (C=O) groups is 2. The van der Waals surface area contributed by atoms with Crippen molar-refractivity contribution in [2.45, 2.75) is 13.8 Å². The van der Waals surface area contributed by atoms with Gasteiger partial charge in [-0.25, -0.2) is 4.79 Å². The summed E-state index contributed by atoms with van der Waals surface area (Å²) in [5.74, 6) is -0.179. The lowest BCUT2D eigenvalue weighted by Gasteiger charge is -2.10. The summed E-state index contributed by atoms with van der Waals surface area (Å²) in [6.07, 6.45) is 1.45. The third-order valence-corrected chi connectivity index (χ3v) is 6.55. The van der Waals surface area contributed by atoms with E-state index in [2.05, 4.69) is 21.2 Å². The molecule has 2 aromatic carbocycles. The molecular formula is C26H23BrN2O5S. The minimum Gasteiger partial charge on any atom is -0.493 e. The first-order valence-corrected chi connectivity index (χ1v) is 12.1. The van der Waals surface area contributed by atoms with Crippen LogP contribution in [0.3, 0.4) is 0 Å². The molecule has 1 aromatic heterocycles. The molecule has 0 saturated carbocycles. The zero-order valence-electron chi connectivity index (χ0n) is 19.6. The number of hydrogen-bond donors (Lipinski definition) is 1. The number of methoxy groups -OCH3 is 2. The number of carbonyl (C=O) groups excluding carboxylic acids is 2. The number of anilines is 1. The topological polar surface area (TPSA) is 97.7 Å². The summed E-state index contributed by atoms with van der Waals surface area (Å²) >= 11 is 4.65. The van der Waals surface area contributed by atoms with E-state index in [1.807, 2.05) is 44.2 Å². The molecule has 0 radical (unpaired) electrons. The summed E-state index contributed by atoms with van der Waals surface area (Å²) in [6.45, 7) is 4.20. The second kappa shape index (κ2) is 11.7. The molecule has 3 rings (SSSR count). The molecule has 1 N–H and O–H groups in total. The maximum Gasteiger partial charge on any atom is 0.341 e. The van der Waals surface area contributed by atoms with Gasteiger partial charge in [-0.05, 0) is 55.3 Å². The first kappa shape index (κ1) is 26.0. The van der Waals surface area contributed by atoms with E-state index in [1.54, 1.807) is 18.2 Å². The minimum absolute atomic E-state index is 0.136. The highest BCUT2D eigenvalue weighted by molar-refractivity contribution is 9.10. The molecule has 180 valence electrons. The van der Waals surface area contributed by atoms with Crippen molar-refractivity contribution in [2.24, 2.45) is 0 Å². The molecule has 1 amide bonds. The number of hydrogen-bond acceptors (Lipinski definition) is 7. The number of nitrogens with one attached hydrogen (secondary N) is 1. The Morgan fingerprint density at radius 3 is 2.46 bits per heavy atom. The molecular weight excluding hydrogens is 532 g/mol. The molecule has 7 nitrogen and oxygen atoms in total. The van der Waals surface area contributed by atoms with Crippen molar-refractivity contribution in [2.75, 3.05) is 26.1 Å².